The van der Waals surface area contributed by atoms with Gasteiger partial charge in [-0.05, 0) is 30.5 Å². The van der Waals surface area contributed by atoms with Crippen LogP contribution in [0.3, 0.4) is 0 Å². The van der Waals surface area contributed by atoms with Crippen molar-refractivity contribution in [3.63, 3.8) is 0 Å². The third-order valence-corrected chi connectivity index (χ3v) is 2.97. The zero-order valence-electron chi connectivity index (χ0n) is 9.47. The van der Waals surface area contributed by atoms with Crippen molar-refractivity contribution in [1.29, 1.82) is 0 Å². The Kier molecular flexibility index (Phi) is 3.14. The molecule has 0 saturated carbocycles. The molecule has 5 heteroatoms. The summed E-state index contributed by atoms with van der Waals surface area (Å²) in [6.45, 7) is 0. The van der Waals surface area contributed by atoms with Gasteiger partial charge in [0.25, 0.3) is 0 Å². The van der Waals surface area contributed by atoms with E-state index >= 15 is 0 Å². The molecule has 0 spiro atoms. The summed E-state index contributed by atoms with van der Waals surface area (Å²) >= 11 is 1.58. The second kappa shape index (κ2) is 4.57. The lowest BCUT2D eigenvalue weighted by atomic mass is 10.2. The lowest BCUT2D eigenvalue weighted by Gasteiger charge is -1.99. The molecule has 0 aliphatic carbocycles. The molecule has 1 aromatic carbocycles. The van der Waals surface area contributed by atoms with Crippen molar-refractivity contribution in [1.82, 2.24) is 14.8 Å². The molecule has 4 nitrogen and oxygen atoms in total. The first-order chi connectivity index (χ1) is 7.74. The van der Waals surface area contributed by atoms with Crippen molar-refractivity contribution in [2.24, 2.45) is 7.05 Å². The summed E-state index contributed by atoms with van der Waals surface area (Å²) in [7, 11) is 3.55. The van der Waals surface area contributed by atoms with Crippen LogP contribution in [0.5, 0.6) is 5.75 Å². The lowest BCUT2D eigenvalue weighted by molar-refractivity contribution is 0.415. The Hall–Kier alpha value is -1.49. The Morgan fingerprint density at radius 1 is 1.25 bits per heavy atom. The Morgan fingerprint density at radius 2 is 1.94 bits per heavy atom. The molecule has 0 aliphatic rings. The fourth-order valence-corrected chi connectivity index (χ4v) is 1.89. The monoisotopic (exact) mass is 235 g/mol. The molecule has 2 rings (SSSR count). The van der Waals surface area contributed by atoms with Crippen LogP contribution in [-0.4, -0.2) is 28.1 Å². The predicted octanol–water partition coefficient (Wildman–Crippen LogP) is 2.21. The van der Waals surface area contributed by atoms with Crippen LogP contribution in [0.25, 0.3) is 11.4 Å². The number of thioether (sulfide) groups is 1. The van der Waals surface area contributed by atoms with Gasteiger partial charge in [-0.25, -0.2) is 9.67 Å². The third-order valence-electron chi connectivity index (χ3n) is 2.25. The highest BCUT2D eigenvalue weighted by atomic mass is 32.2. The van der Waals surface area contributed by atoms with Crippen LogP contribution in [0.2, 0.25) is 0 Å². The maximum Gasteiger partial charge on any atom is 0.186 e. The van der Waals surface area contributed by atoms with Crippen LogP contribution in [0.4, 0.5) is 0 Å². The normalized spacial score (nSPS) is 10.4. The first-order valence-electron chi connectivity index (χ1n) is 4.84. The molecule has 0 N–H and O–H groups in total. The fraction of sp³-hybridized carbons (Fsp3) is 0.273. The largest absolute Gasteiger partial charge is 0.497 e. The molecular formula is C11H13N3OS. The van der Waals surface area contributed by atoms with E-state index in [0.29, 0.717) is 0 Å². The quantitative estimate of drug-likeness (QED) is 0.765. The minimum Gasteiger partial charge on any atom is -0.497 e. The molecule has 0 atom stereocenters. The van der Waals surface area contributed by atoms with Crippen molar-refractivity contribution in [3.8, 4) is 17.1 Å². The van der Waals surface area contributed by atoms with Gasteiger partial charge >= 0.3 is 0 Å². The highest BCUT2D eigenvalue weighted by molar-refractivity contribution is 7.98. The molecule has 1 aromatic heterocycles. The van der Waals surface area contributed by atoms with Gasteiger partial charge in [-0.15, -0.1) is 0 Å². The summed E-state index contributed by atoms with van der Waals surface area (Å²) in [5, 5.41) is 5.26. The maximum absolute atomic E-state index is 5.11. The maximum atomic E-state index is 5.11. The summed E-state index contributed by atoms with van der Waals surface area (Å²) in [4.78, 5) is 4.43. The number of methoxy groups -OCH3 is 1. The number of hydrogen-bond acceptors (Lipinski definition) is 4. The van der Waals surface area contributed by atoms with Gasteiger partial charge in [0.05, 0.1) is 7.11 Å². The summed E-state index contributed by atoms with van der Waals surface area (Å²) in [6.07, 6.45) is 1.99. The van der Waals surface area contributed by atoms with Crippen LogP contribution in [0.15, 0.2) is 29.4 Å². The lowest BCUT2D eigenvalue weighted by Crippen LogP contribution is -1.91. The molecular weight excluding hydrogens is 222 g/mol. The van der Waals surface area contributed by atoms with E-state index in [4.69, 9.17) is 4.74 Å². The molecule has 0 bridgehead atoms. The highest BCUT2D eigenvalue weighted by Crippen LogP contribution is 2.21. The highest BCUT2D eigenvalue weighted by Gasteiger charge is 2.07. The Morgan fingerprint density at radius 3 is 2.44 bits per heavy atom. The van der Waals surface area contributed by atoms with Gasteiger partial charge in [-0.2, -0.15) is 5.10 Å². The van der Waals surface area contributed by atoms with Crippen LogP contribution < -0.4 is 4.74 Å². The van der Waals surface area contributed by atoms with E-state index in [1.54, 1.807) is 23.6 Å². The number of ether oxygens (including phenoxy) is 1. The molecule has 84 valence electrons. The van der Waals surface area contributed by atoms with Crippen molar-refractivity contribution >= 4 is 11.8 Å². The molecule has 0 radical (unpaired) electrons. The molecule has 0 fully saturated rings. The van der Waals surface area contributed by atoms with E-state index in [9.17, 15) is 0 Å². The van der Waals surface area contributed by atoms with Crippen molar-refractivity contribution in [2.75, 3.05) is 13.4 Å². The van der Waals surface area contributed by atoms with Gasteiger partial charge in [0.2, 0.25) is 0 Å². The second-order valence-electron chi connectivity index (χ2n) is 3.27. The van der Waals surface area contributed by atoms with E-state index < -0.39 is 0 Å². The van der Waals surface area contributed by atoms with E-state index in [1.807, 2.05) is 37.6 Å². The van der Waals surface area contributed by atoms with Gasteiger partial charge in [0.1, 0.15) is 5.75 Å². The minimum absolute atomic E-state index is 0.745. The van der Waals surface area contributed by atoms with Gasteiger partial charge in [0, 0.05) is 12.6 Å². The molecule has 16 heavy (non-hydrogen) atoms. The zero-order chi connectivity index (χ0) is 11.5. The first-order valence-corrected chi connectivity index (χ1v) is 6.06. The topological polar surface area (TPSA) is 39.9 Å². The Bertz CT molecular complexity index is 478. The summed E-state index contributed by atoms with van der Waals surface area (Å²) < 4.78 is 6.89. The first kappa shape index (κ1) is 11.0. The van der Waals surface area contributed by atoms with E-state index in [-0.39, 0.29) is 0 Å². The van der Waals surface area contributed by atoms with Crippen molar-refractivity contribution in [3.05, 3.63) is 24.3 Å². The van der Waals surface area contributed by atoms with E-state index in [0.717, 1.165) is 22.3 Å². The number of aryl methyl sites for hydroxylation is 1. The number of aromatic nitrogens is 3. The smallest absolute Gasteiger partial charge is 0.186 e. The minimum atomic E-state index is 0.745. The van der Waals surface area contributed by atoms with E-state index in [2.05, 4.69) is 10.1 Å². The van der Waals surface area contributed by atoms with Crippen LogP contribution in [-0.2, 0) is 7.05 Å². The summed E-state index contributed by atoms with van der Waals surface area (Å²) in [6, 6.07) is 7.73. The summed E-state index contributed by atoms with van der Waals surface area (Å²) in [5.74, 6) is 1.58. The molecule has 1 heterocycles. The number of hydrogen-bond donors (Lipinski definition) is 0. The Labute approximate surface area is 98.6 Å². The van der Waals surface area contributed by atoms with Crippen LogP contribution in [0, 0.1) is 0 Å². The third kappa shape index (κ3) is 2.04. The molecule has 0 unspecified atom stereocenters. The van der Waals surface area contributed by atoms with Crippen molar-refractivity contribution < 1.29 is 4.74 Å². The van der Waals surface area contributed by atoms with Gasteiger partial charge in [0.15, 0.2) is 11.0 Å². The van der Waals surface area contributed by atoms with Crippen molar-refractivity contribution in [2.45, 2.75) is 5.16 Å². The number of rotatable bonds is 3. The molecule has 2 aromatic rings. The Balaban J connectivity index is 2.34. The average Bonchev–Trinajstić information content (AvgIpc) is 2.71. The number of benzene rings is 1. The van der Waals surface area contributed by atoms with Crippen LogP contribution >= 0.6 is 11.8 Å². The fourth-order valence-electron chi connectivity index (χ4n) is 1.41. The van der Waals surface area contributed by atoms with Gasteiger partial charge < -0.3 is 4.74 Å². The predicted molar refractivity (Wildman–Crippen MR) is 64.8 cm³/mol. The van der Waals surface area contributed by atoms with E-state index in [1.165, 1.54) is 0 Å². The summed E-state index contributed by atoms with van der Waals surface area (Å²) in [5.41, 5.74) is 0.997. The molecule has 0 aliphatic heterocycles. The molecule has 0 saturated heterocycles. The average molecular weight is 235 g/mol. The number of nitrogens with zero attached hydrogens (tertiary/aromatic N) is 3. The van der Waals surface area contributed by atoms with Crippen LogP contribution in [0.1, 0.15) is 0 Å². The van der Waals surface area contributed by atoms with Gasteiger partial charge in [-0.1, -0.05) is 11.8 Å². The molecule has 0 amide bonds. The zero-order valence-corrected chi connectivity index (χ0v) is 10.3. The standard InChI is InChI=1S/C11H13N3OS/c1-14-11(16-3)12-10(13-14)8-4-6-9(15-2)7-5-8/h4-7H,1-3H3. The SMILES string of the molecule is COc1ccc(-c2nc(SC)n(C)n2)cc1. The second-order valence-corrected chi connectivity index (χ2v) is 4.05. The van der Waals surface area contributed by atoms with Gasteiger partial charge in [-0.3, -0.25) is 0 Å².